The van der Waals surface area contributed by atoms with Crippen LogP contribution in [0, 0.1) is 0 Å². The zero-order chi connectivity index (χ0) is 30.9. The summed E-state index contributed by atoms with van der Waals surface area (Å²) in [5, 5.41) is 13.6. The van der Waals surface area contributed by atoms with Crippen LogP contribution in [0.15, 0.2) is 83.8 Å². The molecule has 0 aliphatic carbocycles. The number of fused-ring (bicyclic) bond motifs is 1. The van der Waals surface area contributed by atoms with Gasteiger partial charge >= 0.3 is 0 Å². The number of nitrogens with zero attached hydrogens (tertiary/aromatic N) is 1. The summed E-state index contributed by atoms with van der Waals surface area (Å²) >= 11 is 1.75. The lowest BCUT2D eigenvalue weighted by atomic mass is 9.87. The van der Waals surface area contributed by atoms with Crippen LogP contribution in [0.25, 0.3) is 10.8 Å². The first-order chi connectivity index (χ1) is 21.5. The molecule has 1 saturated heterocycles. The standard InChI is InChI=1S/C35H39NO7S/c1-39-30-11-6-7-12-33(30)44-20-8-19-42-26-15-13-24(14-16-26)27-17-18-36(35(37)38)22-32(27)43-23-25-21-31(40-2)28-9-4-5-10-29(28)34(25)41-3/h4-7,9-16,21,27,32H,8,17-20,22-23H2,1-3H3,(H,37,38)/p-1. The van der Waals surface area contributed by atoms with E-state index in [1.165, 1.54) is 4.90 Å². The van der Waals surface area contributed by atoms with Crippen LogP contribution in [-0.2, 0) is 11.3 Å². The van der Waals surface area contributed by atoms with Gasteiger partial charge in [0.15, 0.2) is 0 Å². The van der Waals surface area contributed by atoms with Crippen molar-refractivity contribution < 1.29 is 33.6 Å². The summed E-state index contributed by atoms with van der Waals surface area (Å²) in [6.07, 6.45) is -0.0420. The van der Waals surface area contributed by atoms with Gasteiger partial charge in [0.1, 0.15) is 29.1 Å². The molecule has 0 saturated carbocycles. The molecule has 4 aromatic carbocycles. The van der Waals surface area contributed by atoms with Crippen molar-refractivity contribution in [3.63, 3.8) is 0 Å². The predicted octanol–water partition coefficient (Wildman–Crippen LogP) is 6.14. The number of thioether (sulfide) groups is 1. The minimum Gasteiger partial charge on any atom is -0.530 e. The maximum Gasteiger partial charge on any atom is 0.137 e. The number of piperidine rings is 1. The third kappa shape index (κ3) is 7.34. The second kappa shape index (κ2) is 15.1. The van der Waals surface area contributed by atoms with Gasteiger partial charge in [-0.25, -0.2) is 0 Å². The van der Waals surface area contributed by atoms with Gasteiger partial charge < -0.3 is 38.5 Å². The SMILES string of the molecule is COc1ccccc1SCCCOc1ccc(C2CCN(C(=O)[O-])CC2OCc2cc(OC)c3ccccc3c2OC)cc1. The van der Waals surface area contributed by atoms with Crippen molar-refractivity contribution >= 4 is 28.6 Å². The number of ether oxygens (including phenoxy) is 5. The van der Waals surface area contributed by atoms with E-state index in [9.17, 15) is 9.90 Å². The number of hydrogen-bond donors (Lipinski definition) is 0. The number of methoxy groups -OCH3 is 3. The van der Waals surface area contributed by atoms with Crippen LogP contribution in [0.2, 0.25) is 0 Å². The Morgan fingerprint density at radius 1 is 0.909 bits per heavy atom. The number of benzene rings is 4. The topological polar surface area (TPSA) is 89.5 Å². The summed E-state index contributed by atoms with van der Waals surface area (Å²) in [4.78, 5) is 14.2. The van der Waals surface area contributed by atoms with Gasteiger partial charge in [-0.3, -0.25) is 0 Å². The molecular formula is C35H38NO7S-. The number of amides is 1. The highest BCUT2D eigenvalue weighted by Crippen LogP contribution is 2.38. The first-order valence-electron chi connectivity index (χ1n) is 14.7. The molecule has 0 aromatic heterocycles. The minimum absolute atomic E-state index is 0.00486. The number of carbonyl (C=O) groups excluding carboxylic acids is 1. The summed E-state index contributed by atoms with van der Waals surface area (Å²) in [7, 11) is 4.97. The largest absolute Gasteiger partial charge is 0.530 e. The molecule has 44 heavy (non-hydrogen) atoms. The molecule has 2 unspecified atom stereocenters. The molecule has 232 valence electrons. The Bertz CT molecular complexity index is 1540. The molecule has 2 atom stereocenters. The highest BCUT2D eigenvalue weighted by molar-refractivity contribution is 7.99. The van der Waals surface area contributed by atoms with Gasteiger partial charge in [-0.05, 0) is 48.7 Å². The highest BCUT2D eigenvalue weighted by atomic mass is 32.2. The van der Waals surface area contributed by atoms with Gasteiger partial charge in [-0.2, -0.15) is 0 Å². The first-order valence-corrected chi connectivity index (χ1v) is 15.7. The molecule has 0 bridgehead atoms. The zero-order valence-corrected chi connectivity index (χ0v) is 26.1. The highest BCUT2D eigenvalue weighted by Gasteiger charge is 2.32. The van der Waals surface area contributed by atoms with E-state index in [0.29, 0.717) is 25.3 Å². The summed E-state index contributed by atoms with van der Waals surface area (Å²) in [5.41, 5.74) is 1.91. The molecule has 1 aliphatic heterocycles. The Kier molecular flexibility index (Phi) is 10.7. The molecule has 1 aliphatic rings. The molecule has 0 radical (unpaired) electrons. The molecule has 1 fully saturated rings. The van der Waals surface area contributed by atoms with Crippen molar-refractivity contribution in [2.45, 2.75) is 36.4 Å². The van der Waals surface area contributed by atoms with Crippen molar-refractivity contribution in [1.29, 1.82) is 0 Å². The van der Waals surface area contributed by atoms with E-state index in [0.717, 1.165) is 56.2 Å². The van der Waals surface area contributed by atoms with E-state index in [2.05, 4.69) is 6.07 Å². The number of hydrogen-bond acceptors (Lipinski definition) is 8. The number of carbonyl (C=O) groups is 1. The van der Waals surface area contributed by atoms with E-state index < -0.39 is 6.09 Å². The second-order valence-electron chi connectivity index (χ2n) is 10.5. The van der Waals surface area contributed by atoms with E-state index in [1.54, 1.807) is 33.1 Å². The van der Waals surface area contributed by atoms with Crippen LogP contribution in [0.3, 0.4) is 0 Å². The van der Waals surface area contributed by atoms with Gasteiger partial charge in [-0.1, -0.05) is 48.5 Å². The molecule has 5 rings (SSSR count). The summed E-state index contributed by atoms with van der Waals surface area (Å²) in [5.74, 6) is 4.05. The Balaban J connectivity index is 1.23. The van der Waals surface area contributed by atoms with Gasteiger partial charge in [-0.15, -0.1) is 11.8 Å². The third-order valence-electron chi connectivity index (χ3n) is 7.92. The van der Waals surface area contributed by atoms with Crippen LogP contribution in [-0.4, -0.2) is 63.9 Å². The van der Waals surface area contributed by atoms with Gasteiger partial charge in [0.25, 0.3) is 0 Å². The summed E-state index contributed by atoms with van der Waals surface area (Å²) in [6, 6.07) is 25.9. The second-order valence-corrected chi connectivity index (χ2v) is 11.7. The summed E-state index contributed by atoms with van der Waals surface area (Å²) in [6.45, 7) is 1.46. The predicted molar refractivity (Wildman–Crippen MR) is 170 cm³/mol. The number of likely N-dealkylation sites (tertiary alicyclic amines) is 1. The van der Waals surface area contributed by atoms with Gasteiger partial charge in [0.2, 0.25) is 0 Å². The monoisotopic (exact) mass is 616 g/mol. The number of carboxylic acid groups (broad SMARTS) is 1. The molecular weight excluding hydrogens is 578 g/mol. The van der Waals surface area contributed by atoms with Crippen molar-refractivity contribution in [3.05, 3.63) is 90.0 Å². The molecule has 1 amide bonds. The fraction of sp³-hybridized carbons (Fsp3) is 0.343. The van der Waals surface area contributed by atoms with E-state index in [-0.39, 0.29) is 25.2 Å². The minimum atomic E-state index is -1.19. The fourth-order valence-corrected chi connectivity index (χ4v) is 6.65. The van der Waals surface area contributed by atoms with Crippen molar-refractivity contribution in [2.24, 2.45) is 0 Å². The van der Waals surface area contributed by atoms with E-state index in [4.69, 9.17) is 23.7 Å². The van der Waals surface area contributed by atoms with Crippen molar-refractivity contribution in [2.75, 3.05) is 46.8 Å². The third-order valence-corrected chi connectivity index (χ3v) is 9.06. The van der Waals surface area contributed by atoms with Gasteiger partial charge in [0, 0.05) is 46.0 Å². The molecule has 9 heteroatoms. The molecule has 0 spiro atoms. The average molecular weight is 617 g/mol. The molecule has 1 heterocycles. The van der Waals surface area contributed by atoms with E-state index >= 15 is 0 Å². The smallest absolute Gasteiger partial charge is 0.137 e. The summed E-state index contributed by atoms with van der Waals surface area (Å²) < 4.78 is 29.4. The lowest BCUT2D eigenvalue weighted by molar-refractivity contribution is -0.268. The Morgan fingerprint density at radius 2 is 1.64 bits per heavy atom. The molecule has 8 nitrogen and oxygen atoms in total. The maximum atomic E-state index is 11.8. The Hall–Kier alpha value is -4.08. The quantitative estimate of drug-likeness (QED) is 0.131. The van der Waals surface area contributed by atoms with E-state index in [1.807, 2.05) is 72.8 Å². The molecule has 4 aromatic rings. The van der Waals surface area contributed by atoms with Crippen molar-refractivity contribution in [1.82, 2.24) is 4.90 Å². The van der Waals surface area contributed by atoms with Crippen LogP contribution in [0.4, 0.5) is 4.79 Å². The number of rotatable bonds is 13. The Morgan fingerprint density at radius 3 is 2.36 bits per heavy atom. The number of para-hydroxylation sites is 1. The molecule has 0 N–H and O–H groups in total. The van der Waals surface area contributed by atoms with Crippen molar-refractivity contribution in [3.8, 4) is 23.0 Å². The fourth-order valence-electron chi connectivity index (χ4n) is 5.70. The lowest BCUT2D eigenvalue weighted by Crippen LogP contribution is -2.51. The normalized spacial score (nSPS) is 16.5. The average Bonchev–Trinajstić information content (AvgIpc) is 3.07. The van der Waals surface area contributed by atoms with Crippen LogP contribution < -0.4 is 24.1 Å². The van der Waals surface area contributed by atoms with Gasteiger partial charge in [0.05, 0.1) is 40.6 Å². The lowest BCUT2D eigenvalue weighted by Gasteiger charge is -2.40. The maximum absolute atomic E-state index is 11.8. The first kappa shape index (κ1) is 31.3. The Labute approximate surface area is 262 Å². The zero-order valence-electron chi connectivity index (χ0n) is 25.3. The van der Waals surface area contributed by atoms with Crippen LogP contribution >= 0.6 is 11.8 Å². The van der Waals surface area contributed by atoms with Crippen LogP contribution in [0.5, 0.6) is 23.0 Å². The van der Waals surface area contributed by atoms with Crippen LogP contribution in [0.1, 0.15) is 29.9 Å².